The molecule has 0 radical (unpaired) electrons. The Hall–Kier alpha value is -2.50. The van der Waals surface area contributed by atoms with E-state index in [2.05, 4.69) is 15.5 Å². The van der Waals surface area contributed by atoms with E-state index in [0.717, 1.165) is 16.6 Å². The number of anilines is 1. The number of fused-ring (bicyclic) bond motifs is 1. The average molecular weight is 324 g/mol. The highest BCUT2D eigenvalue weighted by atomic mass is 19.4. The Morgan fingerprint density at radius 3 is 2.70 bits per heavy atom. The number of hydrogen-bond donors (Lipinski definition) is 1. The fourth-order valence-corrected chi connectivity index (χ4v) is 2.97. The van der Waals surface area contributed by atoms with Crippen molar-refractivity contribution in [2.75, 3.05) is 5.32 Å². The SMILES string of the molecule is CCn1ncc([C@H]2C[C@@H](C(F)(F)F)n3ncc(C#N)c3N2)c1C. The topological polar surface area (TPSA) is 71.5 Å². The molecule has 0 spiro atoms. The van der Waals surface area contributed by atoms with Gasteiger partial charge in [0, 0.05) is 24.2 Å². The fourth-order valence-electron chi connectivity index (χ4n) is 2.97. The van der Waals surface area contributed by atoms with Gasteiger partial charge in [-0.2, -0.15) is 28.6 Å². The second kappa shape index (κ2) is 5.30. The molecular weight excluding hydrogens is 309 g/mol. The zero-order valence-corrected chi connectivity index (χ0v) is 12.6. The van der Waals surface area contributed by atoms with E-state index < -0.39 is 18.3 Å². The van der Waals surface area contributed by atoms with Crippen LogP contribution in [0.2, 0.25) is 0 Å². The van der Waals surface area contributed by atoms with Crippen LogP contribution >= 0.6 is 0 Å². The number of nitrogens with one attached hydrogen (secondary N) is 1. The van der Waals surface area contributed by atoms with E-state index in [-0.39, 0.29) is 17.8 Å². The lowest BCUT2D eigenvalue weighted by Crippen LogP contribution is -2.36. The van der Waals surface area contributed by atoms with Crippen molar-refractivity contribution < 1.29 is 13.2 Å². The average Bonchev–Trinajstić information content (AvgIpc) is 3.07. The molecule has 3 rings (SSSR count). The van der Waals surface area contributed by atoms with Crippen LogP contribution in [0.5, 0.6) is 0 Å². The number of hydrogen-bond acceptors (Lipinski definition) is 4. The highest BCUT2D eigenvalue weighted by molar-refractivity contribution is 5.54. The van der Waals surface area contributed by atoms with Gasteiger partial charge < -0.3 is 5.32 Å². The van der Waals surface area contributed by atoms with Crippen LogP contribution in [-0.2, 0) is 6.54 Å². The second-order valence-electron chi connectivity index (χ2n) is 5.45. The first-order valence-electron chi connectivity index (χ1n) is 7.20. The maximum atomic E-state index is 13.4. The van der Waals surface area contributed by atoms with Crippen LogP contribution in [-0.4, -0.2) is 25.7 Å². The summed E-state index contributed by atoms with van der Waals surface area (Å²) in [6.45, 7) is 4.38. The quantitative estimate of drug-likeness (QED) is 0.922. The molecule has 122 valence electrons. The first-order valence-corrected chi connectivity index (χ1v) is 7.20. The summed E-state index contributed by atoms with van der Waals surface area (Å²) in [4.78, 5) is 0. The summed E-state index contributed by atoms with van der Waals surface area (Å²) in [5.41, 5.74) is 1.62. The normalized spacial score (nSPS) is 20.7. The number of aromatic nitrogens is 4. The number of aryl methyl sites for hydroxylation is 1. The molecule has 0 aliphatic carbocycles. The predicted molar refractivity (Wildman–Crippen MR) is 75.7 cm³/mol. The Bertz CT molecular complexity index is 767. The lowest BCUT2D eigenvalue weighted by Gasteiger charge is -2.33. The Kier molecular flexibility index (Phi) is 3.55. The van der Waals surface area contributed by atoms with Crippen molar-refractivity contribution in [3.63, 3.8) is 0 Å². The van der Waals surface area contributed by atoms with Crippen molar-refractivity contribution in [3.8, 4) is 6.07 Å². The lowest BCUT2D eigenvalue weighted by molar-refractivity contribution is -0.173. The molecule has 6 nitrogen and oxygen atoms in total. The monoisotopic (exact) mass is 324 g/mol. The second-order valence-corrected chi connectivity index (χ2v) is 5.45. The maximum Gasteiger partial charge on any atom is 0.410 e. The van der Waals surface area contributed by atoms with Gasteiger partial charge in [-0.25, -0.2) is 4.68 Å². The van der Waals surface area contributed by atoms with Gasteiger partial charge in [0.2, 0.25) is 0 Å². The van der Waals surface area contributed by atoms with Crippen molar-refractivity contribution >= 4 is 5.82 Å². The first-order chi connectivity index (χ1) is 10.9. The molecule has 2 aromatic heterocycles. The standard InChI is InChI=1S/C14H15F3N6/c1-3-22-8(2)10(7-19-22)11-4-12(14(15,16)17)23-13(21-11)9(5-18)6-20-23/h6-7,11-12,21H,3-4H2,1-2H3/t11-,12+/m1/s1. The van der Waals surface area contributed by atoms with E-state index in [1.807, 2.05) is 19.9 Å². The first kappa shape index (κ1) is 15.4. The molecule has 0 fully saturated rings. The van der Waals surface area contributed by atoms with Crippen LogP contribution in [0, 0.1) is 18.3 Å². The minimum Gasteiger partial charge on any atom is -0.362 e. The molecule has 0 saturated carbocycles. The molecule has 0 bridgehead atoms. The van der Waals surface area contributed by atoms with Crippen molar-refractivity contribution in [3.05, 3.63) is 29.2 Å². The molecule has 1 aliphatic heterocycles. The van der Waals surface area contributed by atoms with E-state index in [1.54, 1.807) is 10.9 Å². The van der Waals surface area contributed by atoms with Gasteiger partial charge >= 0.3 is 6.18 Å². The highest BCUT2D eigenvalue weighted by Gasteiger charge is 2.47. The minimum absolute atomic E-state index is 0.101. The summed E-state index contributed by atoms with van der Waals surface area (Å²) in [6.07, 6.45) is -1.89. The van der Waals surface area contributed by atoms with Crippen LogP contribution in [0.3, 0.4) is 0 Å². The van der Waals surface area contributed by atoms with Gasteiger partial charge in [-0.3, -0.25) is 4.68 Å². The zero-order chi connectivity index (χ0) is 16.8. The molecule has 23 heavy (non-hydrogen) atoms. The summed E-state index contributed by atoms with van der Waals surface area (Å²) < 4.78 is 42.8. The van der Waals surface area contributed by atoms with Gasteiger partial charge in [0.25, 0.3) is 0 Å². The fraction of sp³-hybridized carbons (Fsp3) is 0.500. The molecule has 2 aromatic rings. The van der Waals surface area contributed by atoms with Gasteiger partial charge in [-0.15, -0.1) is 0 Å². The van der Waals surface area contributed by atoms with Crippen LogP contribution < -0.4 is 5.32 Å². The molecule has 0 amide bonds. The van der Waals surface area contributed by atoms with Gasteiger partial charge in [0.15, 0.2) is 6.04 Å². The van der Waals surface area contributed by atoms with Gasteiger partial charge in [-0.1, -0.05) is 0 Å². The van der Waals surface area contributed by atoms with Crippen LogP contribution in [0.25, 0.3) is 0 Å². The van der Waals surface area contributed by atoms with Crippen molar-refractivity contribution in [1.29, 1.82) is 5.26 Å². The summed E-state index contributed by atoms with van der Waals surface area (Å²) in [6, 6.07) is -0.463. The Morgan fingerprint density at radius 2 is 2.13 bits per heavy atom. The third-order valence-electron chi connectivity index (χ3n) is 4.17. The number of alkyl halides is 3. The highest BCUT2D eigenvalue weighted by Crippen LogP contribution is 2.44. The minimum atomic E-state index is -4.44. The number of nitriles is 1. The smallest absolute Gasteiger partial charge is 0.362 e. The summed E-state index contributed by atoms with van der Waals surface area (Å²) in [7, 11) is 0. The third kappa shape index (κ3) is 2.44. The van der Waals surface area contributed by atoms with E-state index in [9.17, 15) is 13.2 Å². The molecule has 1 N–H and O–H groups in total. The zero-order valence-electron chi connectivity index (χ0n) is 12.6. The predicted octanol–water partition coefficient (Wildman–Crippen LogP) is 2.94. The maximum absolute atomic E-state index is 13.4. The van der Waals surface area contributed by atoms with E-state index in [1.165, 1.54) is 0 Å². The molecular formula is C14H15F3N6. The Morgan fingerprint density at radius 1 is 1.39 bits per heavy atom. The van der Waals surface area contributed by atoms with Gasteiger partial charge in [0.1, 0.15) is 17.5 Å². The Labute approximate surface area is 130 Å². The van der Waals surface area contributed by atoms with Crippen molar-refractivity contribution in [1.82, 2.24) is 19.6 Å². The number of nitrogens with zero attached hydrogens (tertiary/aromatic N) is 5. The lowest BCUT2D eigenvalue weighted by atomic mass is 9.97. The molecule has 0 saturated heterocycles. The van der Waals surface area contributed by atoms with E-state index in [4.69, 9.17) is 5.26 Å². The van der Waals surface area contributed by atoms with Crippen molar-refractivity contribution in [2.24, 2.45) is 0 Å². The summed E-state index contributed by atoms with van der Waals surface area (Å²) in [5, 5.41) is 20.0. The number of halogens is 3. The van der Waals surface area contributed by atoms with Crippen LogP contribution in [0.4, 0.5) is 19.0 Å². The molecule has 0 aromatic carbocycles. The van der Waals surface area contributed by atoms with E-state index in [0.29, 0.717) is 12.1 Å². The largest absolute Gasteiger partial charge is 0.410 e. The third-order valence-corrected chi connectivity index (χ3v) is 4.17. The van der Waals surface area contributed by atoms with Crippen LogP contribution in [0.1, 0.15) is 42.2 Å². The molecule has 3 heterocycles. The molecule has 0 unspecified atom stereocenters. The summed E-state index contributed by atoms with van der Waals surface area (Å²) >= 11 is 0. The molecule has 1 aliphatic rings. The van der Waals surface area contributed by atoms with Crippen LogP contribution in [0.15, 0.2) is 12.4 Å². The Balaban J connectivity index is 2.06. The van der Waals surface area contributed by atoms with Gasteiger partial charge in [0.05, 0.1) is 18.4 Å². The van der Waals surface area contributed by atoms with Crippen molar-refractivity contribution in [2.45, 2.75) is 45.1 Å². The molecule has 2 atom stereocenters. The summed E-state index contributed by atoms with van der Waals surface area (Å²) in [5.74, 6) is 0.106. The molecule has 9 heteroatoms. The van der Waals surface area contributed by atoms with Gasteiger partial charge in [-0.05, 0) is 13.8 Å². The van der Waals surface area contributed by atoms with E-state index >= 15 is 0 Å². The number of rotatable bonds is 2.